The number of hydrogen-bond donors (Lipinski definition) is 1. The zero-order chi connectivity index (χ0) is 20.4. The topological polar surface area (TPSA) is 80.0 Å². The molecule has 1 unspecified atom stereocenters. The van der Waals surface area contributed by atoms with E-state index in [9.17, 15) is 14.7 Å². The Balaban J connectivity index is 2.16. The number of ketones is 1. The first-order chi connectivity index (χ1) is 13.4. The highest BCUT2D eigenvalue weighted by atomic mass is 35.5. The molecular weight excluding hydrogens is 405 g/mol. The molecule has 148 valence electrons. The van der Waals surface area contributed by atoms with E-state index >= 15 is 0 Å². The van der Waals surface area contributed by atoms with Gasteiger partial charge >= 0.3 is 0 Å². The normalized spacial score (nSPS) is 18.7. The van der Waals surface area contributed by atoms with E-state index < -0.39 is 17.7 Å². The molecule has 1 atom stereocenters. The van der Waals surface area contributed by atoms with Crippen molar-refractivity contribution in [2.75, 3.05) is 13.7 Å². The molecule has 1 fully saturated rings. The summed E-state index contributed by atoms with van der Waals surface area (Å²) in [6.07, 6.45) is 3.01. The van der Waals surface area contributed by atoms with Gasteiger partial charge in [0.2, 0.25) is 0 Å². The smallest absolute Gasteiger partial charge is 0.295 e. The van der Waals surface area contributed by atoms with E-state index in [0.717, 1.165) is 6.42 Å². The third-order valence-corrected chi connectivity index (χ3v) is 5.14. The van der Waals surface area contributed by atoms with Crippen LogP contribution in [0.25, 0.3) is 5.76 Å². The number of nitrogens with zero attached hydrogens (tertiary/aromatic N) is 1. The summed E-state index contributed by atoms with van der Waals surface area (Å²) >= 11 is 12.3. The number of benzene rings is 1. The molecule has 1 N–H and O–H groups in total. The van der Waals surface area contributed by atoms with Crippen molar-refractivity contribution in [1.82, 2.24) is 4.90 Å². The number of methoxy groups -OCH3 is 1. The fourth-order valence-electron chi connectivity index (χ4n) is 3.23. The van der Waals surface area contributed by atoms with E-state index in [0.29, 0.717) is 18.7 Å². The van der Waals surface area contributed by atoms with E-state index in [1.165, 1.54) is 30.4 Å². The lowest BCUT2D eigenvalue weighted by Crippen LogP contribution is -2.30. The summed E-state index contributed by atoms with van der Waals surface area (Å²) in [6, 6.07) is 5.37. The molecule has 28 heavy (non-hydrogen) atoms. The minimum absolute atomic E-state index is 0.0617. The van der Waals surface area contributed by atoms with Gasteiger partial charge in [0, 0.05) is 12.1 Å². The van der Waals surface area contributed by atoms with Crippen molar-refractivity contribution in [3.63, 3.8) is 0 Å². The number of unbranched alkanes of at least 4 members (excludes halogenated alkanes) is 1. The maximum Gasteiger partial charge on any atom is 0.295 e. The molecule has 1 aliphatic rings. The molecular formula is C20H19Cl2NO5. The number of furan rings is 1. The molecule has 1 aliphatic heterocycles. The number of halogens is 2. The minimum atomic E-state index is -0.818. The molecule has 8 heteroatoms. The van der Waals surface area contributed by atoms with Gasteiger partial charge in [0.05, 0.1) is 29.0 Å². The third-order valence-electron chi connectivity index (χ3n) is 4.58. The molecule has 0 radical (unpaired) electrons. The largest absolute Gasteiger partial charge is 0.507 e. The van der Waals surface area contributed by atoms with Crippen LogP contribution in [0.3, 0.4) is 0 Å². The van der Waals surface area contributed by atoms with Gasteiger partial charge in [-0.3, -0.25) is 9.59 Å². The highest BCUT2D eigenvalue weighted by molar-refractivity contribution is 6.46. The summed E-state index contributed by atoms with van der Waals surface area (Å²) in [7, 11) is 1.42. The van der Waals surface area contributed by atoms with Gasteiger partial charge in [-0.2, -0.15) is 0 Å². The Bertz CT molecular complexity index is 913. The number of ether oxygens (including phenoxy) is 1. The van der Waals surface area contributed by atoms with Gasteiger partial charge in [0.1, 0.15) is 17.6 Å². The van der Waals surface area contributed by atoms with Gasteiger partial charge in [0.15, 0.2) is 5.75 Å². The summed E-state index contributed by atoms with van der Waals surface area (Å²) < 4.78 is 10.6. The summed E-state index contributed by atoms with van der Waals surface area (Å²) in [6.45, 7) is 2.35. The predicted molar refractivity (Wildman–Crippen MR) is 106 cm³/mol. The van der Waals surface area contributed by atoms with Crippen LogP contribution in [0.5, 0.6) is 5.75 Å². The molecule has 1 amide bonds. The van der Waals surface area contributed by atoms with Crippen molar-refractivity contribution in [2.24, 2.45) is 0 Å². The van der Waals surface area contributed by atoms with Crippen molar-refractivity contribution in [2.45, 2.75) is 25.8 Å². The number of carbonyl (C=O) groups is 2. The van der Waals surface area contributed by atoms with Crippen LogP contribution in [0, 0.1) is 0 Å². The number of aliphatic hydroxyl groups is 1. The fraction of sp³-hybridized carbons (Fsp3) is 0.300. The van der Waals surface area contributed by atoms with Crippen LogP contribution in [-0.4, -0.2) is 35.4 Å². The second kappa shape index (κ2) is 8.29. The van der Waals surface area contributed by atoms with Gasteiger partial charge in [-0.15, -0.1) is 0 Å². The zero-order valence-corrected chi connectivity index (χ0v) is 16.9. The molecule has 1 aromatic carbocycles. The van der Waals surface area contributed by atoms with Gasteiger partial charge in [-0.1, -0.05) is 36.5 Å². The summed E-state index contributed by atoms with van der Waals surface area (Å²) in [4.78, 5) is 26.8. The average Bonchev–Trinajstić information content (AvgIpc) is 3.27. The summed E-state index contributed by atoms with van der Waals surface area (Å²) in [5.74, 6) is -1.18. The summed E-state index contributed by atoms with van der Waals surface area (Å²) in [5.41, 5.74) is 0.147. The maximum atomic E-state index is 12.8. The third kappa shape index (κ3) is 3.50. The Hall–Kier alpha value is -2.44. The molecule has 0 saturated carbocycles. The van der Waals surface area contributed by atoms with Crippen LogP contribution >= 0.6 is 23.2 Å². The Morgan fingerprint density at radius 3 is 2.50 bits per heavy atom. The van der Waals surface area contributed by atoms with Gasteiger partial charge < -0.3 is 19.2 Å². The first-order valence-electron chi connectivity index (χ1n) is 8.75. The molecule has 3 rings (SSSR count). The Kier molecular flexibility index (Phi) is 6.01. The molecule has 2 heterocycles. The van der Waals surface area contributed by atoms with Crippen molar-refractivity contribution >= 4 is 40.7 Å². The lowest BCUT2D eigenvalue weighted by Gasteiger charge is -2.23. The number of likely N-dealkylation sites (tertiary alicyclic amines) is 1. The van der Waals surface area contributed by atoms with Crippen LogP contribution in [-0.2, 0) is 9.59 Å². The van der Waals surface area contributed by atoms with Gasteiger partial charge in [0.25, 0.3) is 11.7 Å². The minimum Gasteiger partial charge on any atom is -0.507 e. The highest BCUT2D eigenvalue weighted by Crippen LogP contribution is 2.42. The molecule has 2 aromatic rings. The van der Waals surface area contributed by atoms with Crippen LogP contribution in [0.1, 0.15) is 37.1 Å². The average molecular weight is 424 g/mol. The standard InChI is InChI=1S/C20H19Cl2NO5/c1-3-4-7-23-16(14-6-5-8-28-14)15(18(25)20(23)26)17(24)11-9-12(21)19(27-2)13(22)10-11/h5-6,8-10,16,24H,3-4,7H2,1-2H3/b17-15-. The monoisotopic (exact) mass is 423 g/mol. The van der Waals surface area contributed by atoms with Crippen LogP contribution < -0.4 is 4.74 Å². The van der Waals surface area contributed by atoms with Gasteiger partial charge in [-0.05, 0) is 30.7 Å². The lowest BCUT2D eigenvalue weighted by atomic mass is 9.99. The highest BCUT2D eigenvalue weighted by Gasteiger charge is 2.47. The van der Waals surface area contributed by atoms with Crippen molar-refractivity contribution in [3.05, 3.63) is 57.5 Å². The number of hydrogen-bond acceptors (Lipinski definition) is 5. The molecule has 0 spiro atoms. The van der Waals surface area contributed by atoms with E-state index in [2.05, 4.69) is 0 Å². The Morgan fingerprint density at radius 1 is 1.29 bits per heavy atom. The van der Waals surface area contributed by atoms with Crippen molar-refractivity contribution in [3.8, 4) is 5.75 Å². The van der Waals surface area contributed by atoms with E-state index in [1.807, 2.05) is 6.92 Å². The molecule has 6 nitrogen and oxygen atoms in total. The fourth-order valence-corrected chi connectivity index (χ4v) is 3.87. The number of carbonyl (C=O) groups excluding carboxylic acids is 2. The molecule has 0 bridgehead atoms. The van der Waals surface area contributed by atoms with Gasteiger partial charge in [-0.25, -0.2) is 0 Å². The predicted octanol–water partition coefficient (Wildman–Crippen LogP) is 4.82. The van der Waals surface area contributed by atoms with Crippen molar-refractivity contribution in [1.29, 1.82) is 0 Å². The SMILES string of the molecule is CCCCN1C(=O)C(=O)/C(=C(\O)c2cc(Cl)c(OC)c(Cl)c2)C1c1ccco1. The number of rotatable bonds is 6. The first-order valence-corrected chi connectivity index (χ1v) is 9.51. The second-order valence-electron chi connectivity index (χ2n) is 6.33. The molecule has 0 aliphatic carbocycles. The van der Waals surface area contributed by atoms with Crippen LogP contribution in [0.2, 0.25) is 10.0 Å². The first kappa shape index (κ1) is 20.3. The Labute approximate surface area is 172 Å². The lowest BCUT2D eigenvalue weighted by molar-refractivity contribution is -0.140. The number of aliphatic hydroxyl groups excluding tert-OH is 1. The second-order valence-corrected chi connectivity index (χ2v) is 7.15. The van der Waals surface area contributed by atoms with Crippen molar-refractivity contribution < 1.29 is 23.8 Å². The number of Topliss-reactive ketones (excluding diaryl/α,β-unsaturated/α-hetero) is 1. The van der Waals surface area contributed by atoms with E-state index in [-0.39, 0.29) is 32.7 Å². The zero-order valence-electron chi connectivity index (χ0n) is 15.4. The van der Waals surface area contributed by atoms with Crippen LogP contribution in [0.15, 0.2) is 40.5 Å². The van der Waals surface area contributed by atoms with E-state index in [4.69, 9.17) is 32.4 Å². The van der Waals surface area contributed by atoms with E-state index in [1.54, 1.807) is 12.1 Å². The van der Waals surface area contributed by atoms with Crippen LogP contribution in [0.4, 0.5) is 0 Å². The molecule has 1 aromatic heterocycles. The Morgan fingerprint density at radius 2 is 1.96 bits per heavy atom. The number of amides is 1. The maximum absolute atomic E-state index is 12.8. The molecule has 1 saturated heterocycles. The summed E-state index contributed by atoms with van der Waals surface area (Å²) in [5, 5.41) is 11.3. The quantitative estimate of drug-likeness (QED) is 0.409.